The van der Waals surface area contributed by atoms with E-state index in [1.165, 1.54) is 43.2 Å². The van der Waals surface area contributed by atoms with Gasteiger partial charge in [-0.1, -0.05) is 43.5 Å². The zero-order valence-electron chi connectivity index (χ0n) is 15.8. The molecular weight excluding hydrogens is 328 g/mol. The lowest BCUT2D eigenvalue weighted by Crippen LogP contribution is -2.47. The minimum atomic E-state index is -0.580. The number of aliphatic hydroxyl groups excluding tert-OH is 1. The molecule has 26 heavy (non-hydrogen) atoms. The van der Waals surface area contributed by atoms with Crippen LogP contribution in [0.4, 0.5) is 0 Å². The van der Waals surface area contributed by atoms with Gasteiger partial charge in [-0.25, -0.2) is 0 Å². The molecule has 1 fully saturated rings. The first kappa shape index (κ1) is 19.3. The van der Waals surface area contributed by atoms with E-state index in [2.05, 4.69) is 34.5 Å². The molecule has 0 spiro atoms. The summed E-state index contributed by atoms with van der Waals surface area (Å²) in [6.07, 6.45) is 6.63. The average Bonchev–Trinajstić information content (AvgIpc) is 2.68. The summed E-state index contributed by atoms with van der Waals surface area (Å²) in [6, 6.07) is 8.84. The molecule has 0 aromatic heterocycles. The Bertz CT molecular complexity index is 586. The molecule has 1 aromatic carbocycles. The molecule has 2 N–H and O–H groups in total. The van der Waals surface area contributed by atoms with Crippen molar-refractivity contribution in [1.29, 1.82) is 0 Å². The Morgan fingerprint density at radius 3 is 2.85 bits per heavy atom. The molecule has 2 aliphatic rings. The van der Waals surface area contributed by atoms with E-state index in [1.807, 2.05) is 0 Å². The van der Waals surface area contributed by atoms with E-state index < -0.39 is 6.10 Å². The summed E-state index contributed by atoms with van der Waals surface area (Å²) in [6.45, 7) is 1.71. The number of rotatable bonds is 7. The standard InChI is InChI=1S/C21H32N2O3/c1-26-15-18(24)13-22-14-20(25)23-12-11-16-7-5-6-10-19(16)21(23)17-8-3-2-4-9-17/h5-7,10,17-18,21-22,24H,2-4,8-9,11-15H2,1H3/t18-,21-/m0/s1. The minimum absolute atomic E-state index is 0.139. The van der Waals surface area contributed by atoms with E-state index in [4.69, 9.17) is 4.74 Å². The highest BCUT2D eigenvalue weighted by molar-refractivity contribution is 5.79. The summed E-state index contributed by atoms with van der Waals surface area (Å²) < 4.78 is 4.93. The quantitative estimate of drug-likeness (QED) is 0.783. The summed E-state index contributed by atoms with van der Waals surface area (Å²) in [7, 11) is 1.56. The molecule has 5 heteroatoms. The van der Waals surface area contributed by atoms with Crippen molar-refractivity contribution in [3.63, 3.8) is 0 Å². The Labute approximate surface area is 156 Å². The van der Waals surface area contributed by atoms with E-state index in [1.54, 1.807) is 7.11 Å². The molecule has 1 aliphatic heterocycles. The Morgan fingerprint density at radius 2 is 2.08 bits per heavy atom. The van der Waals surface area contributed by atoms with E-state index in [-0.39, 0.29) is 25.1 Å². The second-order valence-electron chi connectivity index (χ2n) is 7.62. The minimum Gasteiger partial charge on any atom is -0.389 e. The summed E-state index contributed by atoms with van der Waals surface area (Å²) in [4.78, 5) is 15.0. The number of nitrogens with zero attached hydrogens (tertiary/aromatic N) is 1. The first-order valence-electron chi connectivity index (χ1n) is 9.95. The smallest absolute Gasteiger partial charge is 0.237 e. The van der Waals surface area contributed by atoms with Crippen molar-refractivity contribution in [3.8, 4) is 0 Å². The average molecular weight is 360 g/mol. The zero-order chi connectivity index (χ0) is 18.4. The molecule has 0 saturated heterocycles. The van der Waals surface area contributed by atoms with E-state index in [0.717, 1.165) is 13.0 Å². The van der Waals surface area contributed by atoms with Crippen molar-refractivity contribution < 1.29 is 14.6 Å². The normalized spacial score (nSPS) is 22.1. The largest absolute Gasteiger partial charge is 0.389 e. The van der Waals surface area contributed by atoms with Gasteiger partial charge in [-0.3, -0.25) is 4.79 Å². The van der Waals surface area contributed by atoms with Crippen LogP contribution in [-0.4, -0.2) is 55.4 Å². The summed E-state index contributed by atoms with van der Waals surface area (Å²) in [5, 5.41) is 12.8. The van der Waals surface area contributed by atoms with Gasteiger partial charge in [0.2, 0.25) is 5.91 Å². The van der Waals surface area contributed by atoms with Crippen LogP contribution in [0.3, 0.4) is 0 Å². The highest BCUT2D eigenvalue weighted by Crippen LogP contribution is 2.41. The van der Waals surface area contributed by atoms with Gasteiger partial charge >= 0.3 is 0 Å². The predicted molar refractivity (Wildman–Crippen MR) is 102 cm³/mol. The molecule has 0 unspecified atom stereocenters. The summed E-state index contributed by atoms with van der Waals surface area (Å²) in [5.74, 6) is 0.702. The van der Waals surface area contributed by atoms with Gasteiger partial charge in [0.05, 0.1) is 25.3 Å². The zero-order valence-corrected chi connectivity index (χ0v) is 15.8. The molecule has 0 radical (unpaired) electrons. The summed E-state index contributed by atoms with van der Waals surface area (Å²) in [5.41, 5.74) is 2.74. The van der Waals surface area contributed by atoms with Crippen molar-refractivity contribution in [2.24, 2.45) is 5.92 Å². The first-order chi connectivity index (χ1) is 12.7. The van der Waals surface area contributed by atoms with E-state index in [9.17, 15) is 9.90 Å². The highest BCUT2D eigenvalue weighted by Gasteiger charge is 2.36. The van der Waals surface area contributed by atoms with Gasteiger partial charge in [0.15, 0.2) is 0 Å². The van der Waals surface area contributed by atoms with Crippen LogP contribution >= 0.6 is 0 Å². The molecule has 1 amide bonds. The van der Waals surface area contributed by atoms with Crippen molar-refractivity contribution in [2.45, 2.75) is 50.7 Å². The third-order valence-electron chi connectivity index (χ3n) is 5.76. The monoisotopic (exact) mass is 360 g/mol. The number of aliphatic hydroxyl groups is 1. The lowest BCUT2D eigenvalue weighted by Gasteiger charge is -2.43. The lowest BCUT2D eigenvalue weighted by molar-refractivity contribution is -0.135. The van der Waals surface area contributed by atoms with E-state index >= 15 is 0 Å². The molecule has 1 aliphatic carbocycles. The van der Waals surface area contributed by atoms with Crippen LogP contribution in [0.5, 0.6) is 0 Å². The van der Waals surface area contributed by atoms with Crippen molar-refractivity contribution >= 4 is 5.91 Å². The number of fused-ring (bicyclic) bond motifs is 1. The van der Waals surface area contributed by atoms with Gasteiger partial charge in [0, 0.05) is 20.2 Å². The fraction of sp³-hybridized carbons (Fsp3) is 0.667. The SMILES string of the molecule is COC[C@@H](O)CNCC(=O)N1CCc2ccccc2[C@@H]1C1CCCCC1. The molecule has 2 atom stereocenters. The number of benzene rings is 1. The molecule has 1 heterocycles. The highest BCUT2D eigenvalue weighted by atomic mass is 16.5. The second kappa shape index (κ2) is 9.49. The lowest BCUT2D eigenvalue weighted by atomic mass is 9.77. The van der Waals surface area contributed by atoms with Gasteiger partial charge in [-0.05, 0) is 36.3 Å². The van der Waals surface area contributed by atoms with Gasteiger partial charge in [0.1, 0.15) is 0 Å². The summed E-state index contributed by atoms with van der Waals surface area (Å²) >= 11 is 0. The Hall–Kier alpha value is -1.43. The maximum Gasteiger partial charge on any atom is 0.237 e. The molecule has 1 saturated carbocycles. The third kappa shape index (κ3) is 4.64. The number of amides is 1. The van der Waals surface area contributed by atoms with E-state index in [0.29, 0.717) is 12.5 Å². The number of carbonyl (C=O) groups is 1. The predicted octanol–water partition coefficient (Wildman–Crippen LogP) is 2.29. The number of nitrogens with one attached hydrogen (secondary N) is 1. The van der Waals surface area contributed by atoms with Crippen LogP contribution in [0.15, 0.2) is 24.3 Å². The molecule has 0 bridgehead atoms. The van der Waals surface area contributed by atoms with Crippen molar-refractivity contribution in [1.82, 2.24) is 10.2 Å². The maximum atomic E-state index is 13.0. The Kier molecular flexibility index (Phi) is 7.06. The molecule has 144 valence electrons. The van der Waals surface area contributed by atoms with Crippen LogP contribution in [0.2, 0.25) is 0 Å². The number of hydrogen-bond acceptors (Lipinski definition) is 4. The Morgan fingerprint density at radius 1 is 1.31 bits per heavy atom. The fourth-order valence-electron chi connectivity index (χ4n) is 4.54. The van der Waals surface area contributed by atoms with Crippen LogP contribution in [0.1, 0.15) is 49.3 Å². The van der Waals surface area contributed by atoms with Crippen molar-refractivity contribution in [2.75, 3.05) is 33.4 Å². The Balaban J connectivity index is 1.69. The van der Waals surface area contributed by atoms with Crippen LogP contribution in [0.25, 0.3) is 0 Å². The van der Waals surface area contributed by atoms with Crippen LogP contribution < -0.4 is 5.32 Å². The van der Waals surface area contributed by atoms with Crippen LogP contribution in [-0.2, 0) is 16.0 Å². The first-order valence-corrected chi connectivity index (χ1v) is 9.95. The van der Waals surface area contributed by atoms with Gasteiger partial charge in [0.25, 0.3) is 0 Å². The second-order valence-corrected chi connectivity index (χ2v) is 7.62. The van der Waals surface area contributed by atoms with Crippen molar-refractivity contribution in [3.05, 3.63) is 35.4 Å². The molecule has 5 nitrogen and oxygen atoms in total. The topological polar surface area (TPSA) is 61.8 Å². The van der Waals surface area contributed by atoms with Gasteiger partial charge in [-0.2, -0.15) is 0 Å². The van der Waals surface area contributed by atoms with Gasteiger partial charge < -0.3 is 20.1 Å². The molecule has 3 rings (SSSR count). The number of carbonyl (C=O) groups excluding carboxylic acids is 1. The number of ether oxygens (including phenoxy) is 1. The fourth-order valence-corrected chi connectivity index (χ4v) is 4.54. The van der Waals surface area contributed by atoms with Gasteiger partial charge in [-0.15, -0.1) is 0 Å². The number of methoxy groups -OCH3 is 1. The van der Waals surface area contributed by atoms with Crippen LogP contribution in [0, 0.1) is 5.92 Å². The third-order valence-corrected chi connectivity index (χ3v) is 5.76. The number of hydrogen-bond donors (Lipinski definition) is 2. The molecular formula is C21H32N2O3. The maximum absolute atomic E-state index is 13.0. The molecule has 1 aromatic rings.